The molecule has 1 fully saturated rings. The Morgan fingerprint density at radius 2 is 1.76 bits per heavy atom. The van der Waals surface area contributed by atoms with Crippen LogP contribution >= 0.6 is 23.5 Å². The van der Waals surface area contributed by atoms with Gasteiger partial charge in [0.2, 0.25) is 0 Å². The lowest BCUT2D eigenvalue weighted by Crippen LogP contribution is -2.22. The van der Waals surface area contributed by atoms with E-state index in [1.807, 2.05) is 34.9 Å². The molecule has 4 rings (SSSR count). The second kappa shape index (κ2) is 7.22. The van der Waals surface area contributed by atoms with Gasteiger partial charge in [-0.3, -0.25) is 9.36 Å². The number of hydrogen-bond acceptors (Lipinski definition) is 4. The van der Waals surface area contributed by atoms with Crippen LogP contribution in [0.3, 0.4) is 0 Å². The first kappa shape index (κ1) is 16.7. The van der Waals surface area contributed by atoms with Gasteiger partial charge in [-0.15, -0.1) is 11.8 Å². The number of halogens is 1. The van der Waals surface area contributed by atoms with Crippen LogP contribution in [0.2, 0.25) is 0 Å². The van der Waals surface area contributed by atoms with Crippen molar-refractivity contribution in [1.29, 1.82) is 0 Å². The molecule has 1 aromatic heterocycles. The summed E-state index contributed by atoms with van der Waals surface area (Å²) in [5, 5.41) is 1.46. The van der Waals surface area contributed by atoms with E-state index in [0.717, 1.165) is 35.0 Å². The molecule has 0 N–H and O–H groups in total. The van der Waals surface area contributed by atoms with Gasteiger partial charge < -0.3 is 0 Å². The lowest BCUT2D eigenvalue weighted by atomic mass is 10.2. The van der Waals surface area contributed by atoms with Gasteiger partial charge in [-0.25, -0.2) is 9.37 Å². The van der Waals surface area contributed by atoms with E-state index in [-0.39, 0.29) is 17.4 Å². The van der Waals surface area contributed by atoms with Crippen molar-refractivity contribution in [3.8, 4) is 0 Å². The number of nitrogens with zero attached hydrogens (tertiary/aromatic N) is 2. The zero-order chi connectivity index (χ0) is 17.2. The van der Waals surface area contributed by atoms with E-state index in [4.69, 9.17) is 4.98 Å². The van der Waals surface area contributed by atoms with E-state index >= 15 is 0 Å². The fourth-order valence-electron chi connectivity index (χ4n) is 2.73. The van der Waals surface area contributed by atoms with E-state index in [9.17, 15) is 9.18 Å². The van der Waals surface area contributed by atoms with E-state index in [2.05, 4.69) is 0 Å². The number of para-hydroxylation sites is 1. The summed E-state index contributed by atoms with van der Waals surface area (Å²) in [6.45, 7) is 0. The van der Waals surface area contributed by atoms with Gasteiger partial charge in [0.1, 0.15) is 5.82 Å². The molecule has 1 heterocycles. The second-order valence-electron chi connectivity index (χ2n) is 5.95. The molecule has 0 atom stereocenters. The van der Waals surface area contributed by atoms with Gasteiger partial charge in [-0.05, 0) is 37.1 Å². The third-order valence-electron chi connectivity index (χ3n) is 4.10. The second-order valence-corrected chi connectivity index (χ2v) is 8.14. The molecule has 128 valence electrons. The zero-order valence-electron chi connectivity index (χ0n) is 13.5. The summed E-state index contributed by atoms with van der Waals surface area (Å²) in [6, 6.07) is 14.6. The van der Waals surface area contributed by atoms with Gasteiger partial charge in [-0.2, -0.15) is 0 Å². The van der Waals surface area contributed by atoms with Crippen LogP contribution in [-0.4, -0.2) is 21.1 Å². The first-order valence-electron chi connectivity index (χ1n) is 8.25. The first-order valence-corrected chi connectivity index (χ1v) is 10.2. The van der Waals surface area contributed by atoms with Crippen molar-refractivity contribution in [1.82, 2.24) is 9.55 Å². The predicted octanol–water partition coefficient (Wildman–Crippen LogP) is 4.75. The topological polar surface area (TPSA) is 34.9 Å². The fraction of sp³-hybridized carbons (Fsp3) is 0.263. The smallest absolute Gasteiger partial charge is 0.262 e. The minimum atomic E-state index is -0.184. The summed E-state index contributed by atoms with van der Waals surface area (Å²) in [7, 11) is 0. The summed E-state index contributed by atoms with van der Waals surface area (Å²) in [4.78, 5) is 18.1. The molecular weight excluding hydrogens is 355 g/mol. The number of hydrogen-bond donors (Lipinski definition) is 0. The Kier molecular flexibility index (Phi) is 4.81. The number of fused-ring (bicyclic) bond motifs is 1. The monoisotopic (exact) mass is 372 g/mol. The molecule has 0 amide bonds. The Morgan fingerprint density at radius 3 is 2.56 bits per heavy atom. The van der Waals surface area contributed by atoms with Crippen molar-refractivity contribution in [2.45, 2.75) is 28.9 Å². The van der Waals surface area contributed by atoms with E-state index < -0.39 is 0 Å². The molecule has 1 aliphatic rings. The van der Waals surface area contributed by atoms with Crippen LogP contribution in [0.1, 0.15) is 18.9 Å². The van der Waals surface area contributed by atoms with Crippen LogP contribution < -0.4 is 5.56 Å². The van der Waals surface area contributed by atoms with Gasteiger partial charge in [0.25, 0.3) is 5.56 Å². The molecule has 2 aromatic carbocycles. The molecule has 3 aromatic rings. The van der Waals surface area contributed by atoms with Crippen molar-refractivity contribution in [2.75, 3.05) is 11.5 Å². The molecule has 0 unspecified atom stereocenters. The van der Waals surface area contributed by atoms with Crippen LogP contribution in [0.4, 0.5) is 4.39 Å². The Hall–Kier alpha value is -1.79. The third kappa shape index (κ3) is 3.60. The van der Waals surface area contributed by atoms with Gasteiger partial charge in [0.05, 0.1) is 10.9 Å². The van der Waals surface area contributed by atoms with Gasteiger partial charge in [0, 0.05) is 22.4 Å². The maximum Gasteiger partial charge on any atom is 0.262 e. The molecule has 0 saturated heterocycles. The summed E-state index contributed by atoms with van der Waals surface area (Å²) in [6.07, 6.45) is 2.08. The highest BCUT2D eigenvalue weighted by atomic mass is 32.2. The molecule has 0 aliphatic heterocycles. The fourth-order valence-corrected chi connectivity index (χ4v) is 4.71. The summed E-state index contributed by atoms with van der Waals surface area (Å²) >= 11 is 3.07. The van der Waals surface area contributed by atoms with Crippen molar-refractivity contribution in [3.05, 3.63) is 64.7 Å². The number of thioether (sulfide) groups is 2. The number of rotatable bonds is 6. The SMILES string of the molecule is O=c1c2ccccc2nc(SCCSc2ccccc2F)n1C1CC1. The maximum atomic E-state index is 13.7. The van der Waals surface area contributed by atoms with Crippen LogP contribution in [0.15, 0.2) is 63.4 Å². The quantitative estimate of drug-likeness (QED) is 0.355. The molecule has 0 radical (unpaired) electrons. The Morgan fingerprint density at radius 1 is 1.04 bits per heavy atom. The molecular formula is C19H17FN2OS2. The standard InChI is InChI=1S/C19H17FN2OS2/c20-15-6-2-4-8-17(15)24-11-12-25-19-21-16-7-3-1-5-14(16)18(23)22(19)13-9-10-13/h1-8,13H,9-12H2. The van der Waals surface area contributed by atoms with Crippen molar-refractivity contribution < 1.29 is 4.39 Å². The Labute approximate surface area is 153 Å². The van der Waals surface area contributed by atoms with E-state index in [1.165, 1.54) is 17.8 Å². The van der Waals surface area contributed by atoms with Crippen molar-refractivity contribution in [2.24, 2.45) is 0 Å². The van der Waals surface area contributed by atoms with Crippen LogP contribution in [-0.2, 0) is 0 Å². The highest BCUT2D eigenvalue weighted by molar-refractivity contribution is 8.02. The minimum absolute atomic E-state index is 0.0531. The highest BCUT2D eigenvalue weighted by Crippen LogP contribution is 2.37. The first-order chi connectivity index (χ1) is 12.2. The summed E-state index contributed by atoms with van der Waals surface area (Å²) in [5.41, 5.74) is 0.797. The van der Waals surface area contributed by atoms with Crippen molar-refractivity contribution >= 4 is 34.4 Å². The average molecular weight is 372 g/mol. The van der Waals surface area contributed by atoms with Gasteiger partial charge >= 0.3 is 0 Å². The molecule has 25 heavy (non-hydrogen) atoms. The average Bonchev–Trinajstić information content (AvgIpc) is 3.45. The minimum Gasteiger partial charge on any atom is -0.284 e. The largest absolute Gasteiger partial charge is 0.284 e. The normalized spacial score (nSPS) is 14.1. The van der Waals surface area contributed by atoms with Crippen LogP contribution in [0.25, 0.3) is 10.9 Å². The number of aromatic nitrogens is 2. The lowest BCUT2D eigenvalue weighted by Gasteiger charge is -2.12. The molecule has 1 aliphatic carbocycles. The van der Waals surface area contributed by atoms with Gasteiger partial charge in [0.15, 0.2) is 5.16 Å². The van der Waals surface area contributed by atoms with Gasteiger partial charge in [-0.1, -0.05) is 36.0 Å². The molecule has 0 spiro atoms. The summed E-state index contributed by atoms with van der Waals surface area (Å²) < 4.78 is 15.5. The summed E-state index contributed by atoms with van der Waals surface area (Å²) in [5.74, 6) is 1.35. The Balaban J connectivity index is 1.52. The molecule has 1 saturated carbocycles. The number of benzene rings is 2. The highest BCUT2D eigenvalue weighted by Gasteiger charge is 2.28. The third-order valence-corrected chi connectivity index (χ3v) is 6.36. The van der Waals surface area contributed by atoms with Crippen LogP contribution in [0, 0.1) is 5.82 Å². The van der Waals surface area contributed by atoms with Crippen molar-refractivity contribution in [3.63, 3.8) is 0 Å². The van der Waals surface area contributed by atoms with E-state index in [0.29, 0.717) is 10.3 Å². The maximum absolute atomic E-state index is 13.7. The predicted molar refractivity (Wildman–Crippen MR) is 102 cm³/mol. The molecule has 3 nitrogen and oxygen atoms in total. The Bertz CT molecular complexity index is 969. The van der Waals surface area contributed by atoms with Crippen LogP contribution in [0.5, 0.6) is 0 Å². The van der Waals surface area contributed by atoms with E-state index in [1.54, 1.807) is 23.9 Å². The lowest BCUT2D eigenvalue weighted by molar-refractivity contribution is 0.602. The molecule has 0 bridgehead atoms. The molecule has 6 heteroatoms. The zero-order valence-corrected chi connectivity index (χ0v) is 15.2.